The van der Waals surface area contributed by atoms with E-state index in [1.807, 2.05) is 43.3 Å². The van der Waals surface area contributed by atoms with Crippen LogP contribution in [0.4, 0.5) is 0 Å². The molecule has 2 aromatic carbocycles. The van der Waals surface area contributed by atoms with Crippen LogP contribution in [0, 0.1) is 11.8 Å². The second kappa shape index (κ2) is 8.74. The van der Waals surface area contributed by atoms with Gasteiger partial charge in [0, 0.05) is 11.8 Å². The van der Waals surface area contributed by atoms with Crippen molar-refractivity contribution in [1.82, 2.24) is 0 Å². The molecule has 0 radical (unpaired) electrons. The number of aliphatic hydroxyl groups is 1. The fourth-order valence-corrected chi connectivity index (χ4v) is 4.64. The Balaban J connectivity index is 2.13. The molecule has 0 aliphatic carbocycles. The third-order valence-electron chi connectivity index (χ3n) is 6.93. The summed E-state index contributed by atoms with van der Waals surface area (Å²) in [7, 11) is 6.65. The van der Waals surface area contributed by atoms with Crippen LogP contribution < -0.4 is 24.3 Å². The number of benzene rings is 2. The van der Waals surface area contributed by atoms with Gasteiger partial charge in [0.15, 0.2) is 0 Å². The summed E-state index contributed by atoms with van der Waals surface area (Å²) in [6.07, 6.45) is 0. The molecule has 5 atom stereocenters. The van der Waals surface area contributed by atoms with Crippen LogP contribution >= 0.6 is 0 Å². The Morgan fingerprint density at radius 1 is 0.733 bits per heavy atom. The molecule has 1 saturated heterocycles. The predicted octanol–water partition coefficient (Wildman–Crippen LogP) is 3.10. The van der Waals surface area contributed by atoms with E-state index in [1.54, 1.807) is 28.4 Å². The van der Waals surface area contributed by atoms with Gasteiger partial charge >= 0.3 is 0 Å². The molecule has 1 unspecified atom stereocenters. The van der Waals surface area contributed by atoms with E-state index in [-0.39, 0.29) is 23.9 Å². The third kappa shape index (κ3) is 3.82. The minimum Gasteiger partial charge on any atom is -0.497 e. The first kappa shape index (κ1) is 22.2. The molecule has 164 valence electrons. The lowest BCUT2D eigenvalue weighted by Crippen LogP contribution is -2.93. The number of nitrogens with two attached hydrogens (primary N) is 1. The van der Waals surface area contributed by atoms with Crippen LogP contribution in [0.25, 0.3) is 0 Å². The molecule has 0 spiro atoms. The van der Waals surface area contributed by atoms with Crippen LogP contribution in [0.1, 0.15) is 44.0 Å². The van der Waals surface area contributed by atoms with Crippen molar-refractivity contribution in [2.75, 3.05) is 28.4 Å². The van der Waals surface area contributed by atoms with Crippen molar-refractivity contribution in [2.24, 2.45) is 11.8 Å². The van der Waals surface area contributed by atoms with Gasteiger partial charge in [-0.3, -0.25) is 0 Å². The highest BCUT2D eigenvalue weighted by atomic mass is 16.5. The lowest BCUT2D eigenvalue weighted by Gasteiger charge is -2.47. The maximum absolute atomic E-state index is 11.6. The minimum absolute atomic E-state index is 0.0265. The van der Waals surface area contributed by atoms with Crippen molar-refractivity contribution < 1.29 is 29.4 Å². The summed E-state index contributed by atoms with van der Waals surface area (Å²) >= 11 is 0. The summed E-state index contributed by atoms with van der Waals surface area (Å²) < 4.78 is 22.3. The van der Waals surface area contributed by atoms with Crippen molar-refractivity contribution in [3.8, 4) is 23.0 Å². The first-order valence-electron chi connectivity index (χ1n) is 10.3. The lowest BCUT2D eigenvalue weighted by molar-refractivity contribution is -0.763. The third-order valence-corrected chi connectivity index (χ3v) is 6.93. The maximum atomic E-state index is 11.6. The first-order valence-corrected chi connectivity index (χ1v) is 10.3. The zero-order chi connectivity index (χ0) is 22.1. The van der Waals surface area contributed by atoms with Gasteiger partial charge in [-0.1, -0.05) is 13.8 Å². The van der Waals surface area contributed by atoms with Crippen molar-refractivity contribution >= 4 is 0 Å². The van der Waals surface area contributed by atoms with Crippen molar-refractivity contribution in [1.29, 1.82) is 0 Å². The van der Waals surface area contributed by atoms with Gasteiger partial charge in [0.2, 0.25) is 0 Å². The van der Waals surface area contributed by atoms with E-state index < -0.39 is 5.60 Å². The van der Waals surface area contributed by atoms with Crippen LogP contribution in [0.3, 0.4) is 0 Å². The quantitative estimate of drug-likeness (QED) is 0.757. The van der Waals surface area contributed by atoms with Gasteiger partial charge in [0.05, 0.1) is 45.2 Å². The van der Waals surface area contributed by atoms with E-state index in [4.69, 9.17) is 18.9 Å². The molecule has 0 saturated carbocycles. The topological polar surface area (TPSA) is 73.8 Å². The number of piperidine rings is 1. The Bertz CT molecular complexity index is 812. The van der Waals surface area contributed by atoms with Crippen LogP contribution in [0.2, 0.25) is 0 Å². The summed E-state index contributed by atoms with van der Waals surface area (Å²) in [5, 5.41) is 13.9. The molecule has 30 heavy (non-hydrogen) atoms. The number of rotatable bonds is 6. The Kier molecular flexibility index (Phi) is 6.48. The Hall–Kier alpha value is -2.44. The SMILES string of the molecule is COc1ccc(OC)c([C@H]2[NH2+][C@H](c3cc(OC)ccc3OC)[C@H](C)C(C)(O)[C@@H]2C)c1. The second-order valence-electron chi connectivity index (χ2n) is 8.26. The Morgan fingerprint density at radius 2 is 1.13 bits per heavy atom. The van der Waals surface area contributed by atoms with Gasteiger partial charge in [0.25, 0.3) is 0 Å². The number of methoxy groups -OCH3 is 4. The Labute approximate surface area is 179 Å². The van der Waals surface area contributed by atoms with Gasteiger partial charge < -0.3 is 29.4 Å². The summed E-state index contributed by atoms with van der Waals surface area (Å²) in [6, 6.07) is 11.5. The van der Waals surface area contributed by atoms with Crippen LogP contribution in [-0.2, 0) is 0 Å². The average Bonchev–Trinajstić information content (AvgIpc) is 2.77. The largest absolute Gasteiger partial charge is 0.497 e. The first-order chi connectivity index (χ1) is 14.3. The number of ether oxygens (including phenoxy) is 4. The van der Waals surface area contributed by atoms with E-state index in [9.17, 15) is 5.11 Å². The molecular weight excluding hydrogens is 382 g/mol. The molecule has 0 amide bonds. The highest BCUT2D eigenvalue weighted by Crippen LogP contribution is 2.46. The van der Waals surface area contributed by atoms with Crippen LogP contribution in [-0.4, -0.2) is 39.1 Å². The van der Waals surface area contributed by atoms with E-state index in [2.05, 4.69) is 19.2 Å². The zero-order valence-electron chi connectivity index (χ0n) is 18.9. The molecule has 1 aliphatic heterocycles. The summed E-state index contributed by atoms with van der Waals surface area (Å²) in [5.41, 5.74) is 1.10. The van der Waals surface area contributed by atoms with E-state index in [0.717, 1.165) is 34.1 Å². The molecule has 0 bridgehead atoms. The van der Waals surface area contributed by atoms with Crippen molar-refractivity contribution in [3.63, 3.8) is 0 Å². The summed E-state index contributed by atoms with van der Waals surface area (Å²) in [6.45, 7) is 6.11. The minimum atomic E-state index is -0.910. The highest BCUT2D eigenvalue weighted by molar-refractivity contribution is 5.44. The van der Waals surface area contributed by atoms with Crippen LogP contribution in [0.5, 0.6) is 23.0 Å². The molecule has 1 aliphatic rings. The smallest absolute Gasteiger partial charge is 0.128 e. The highest BCUT2D eigenvalue weighted by Gasteiger charge is 2.52. The van der Waals surface area contributed by atoms with E-state index >= 15 is 0 Å². The van der Waals surface area contributed by atoms with Crippen molar-refractivity contribution in [3.05, 3.63) is 47.5 Å². The van der Waals surface area contributed by atoms with Crippen molar-refractivity contribution in [2.45, 2.75) is 38.5 Å². The second-order valence-corrected chi connectivity index (χ2v) is 8.26. The molecule has 2 aromatic rings. The van der Waals surface area contributed by atoms with Gasteiger partial charge in [-0.2, -0.15) is 0 Å². The maximum Gasteiger partial charge on any atom is 0.128 e. The average molecular weight is 417 g/mol. The number of quaternary nitrogens is 1. The number of hydrogen-bond acceptors (Lipinski definition) is 5. The summed E-state index contributed by atoms with van der Waals surface area (Å²) in [5.74, 6) is 3.04. The normalized spacial score (nSPS) is 28.7. The van der Waals surface area contributed by atoms with E-state index in [1.165, 1.54) is 0 Å². The fraction of sp³-hybridized carbons (Fsp3) is 0.500. The van der Waals surface area contributed by atoms with Gasteiger partial charge in [-0.05, 0) is 43.3 Å². The van der Waals surface area contributed by atoms with Gasteiger partial charge in [0.1, 0.15) is 35.1 Å². The molecule has 1 fully saturated rings. The predicted molar refractivity (Wildman–Crippen MR) is 115 cm³/mol. The van der Waals surface area contributed by atoms with Gasteiger partial charge in [-0.15, -0.1) is 0 Å². The molecule has 6 heteroatoms. The molecule has 6 nitrogen and oxygen atoms in total. The molecule has 3 N–H and O–H groups in total. The Morgan fingerprint density at radius 3 is 1.47 bits per heavy atom. The monoisotopic (exact) mass is 416 g/mol. The lowest BCUT2D eigenvalue weighted by atomic mass is 9.67. The van der Waals surface area contributed by atoms with E-state index in [0.29, 0.717) is 0 Å². The molecular formula is C24H34NO5+. The van der Waals surface area contributed by atoms with Crippen LogP contribution in [0.15, 0.2) is 36.4 Å². The standard InChI is InChI=1S/C24H33NO5/c1-14-22(18-12-16(27-4)8-10-20(18)29-6)25-23(15(2)24(14,3)26)19-13-17(28-5)9-11-21(19)30-7/h8-15,22-23,25-26H,1-7H3/p+1/t14-,15+,22-,23-,24?/m0/s1. The fourth-order valence-electron chi connectivity index (χ4n) is 4.64. The van der Waals surface area contributed by atoms with Gasteiger partial charge in [-0.25, -0.2) is 0 Å². The molecule has 1 heterocycles. The summed E-state index contributed by atoms with van der Waals surface area (Å²) in [4.78, 5) is 0. The molecule has 3 rings (SSSR count). The number of hydrogen-bond donors (Lipinski definition) is 2. The molecule has 0 aromatic heterocycles. The zero-order valence-corrected chi connectivity index (χ0v) is 18.9.